The number of nitrogens with zero attached hydrogens (tertiary/aromatic N) is 5. The summed E-state index contributed by atoms with van der Waals surface area (Å²) in [7, 11) is 2.61. The predicted molar refractivity (Wildman–Crippen MR) is 109 cm³/mol. The first kappa shape index (κ1) is 17.0. The van der Waals surface area contributed by atoms with Gasteiger partial charge < -0.3 is 11.5 Å². The zero-order chi connectivity index (χ0) is 19.0. The molecule has 0 saturated heterocycles. The van der Waals surface area contributed by atoms with Crippen molar-refractivity contribution in [2.24, 2.45) is 0 Å². The Hall–Kier alpha value is -3.49. The second kappa shape index (κ2) is 6.67. The van der Waals surface area contributed by atoms with Gasteiger partial charge in [-0.15, -0.1) is 9.24 Å². The average Bonchev–Trinajstić information content (AvgIpc) is 3.06. The molecule has 0 bridgehead atoms. The Kier molecular flexibility index (Phi) is 4.19. The SMILES string of the molecule is N#Cc1cccc(-c2nc(N)nc3c2cnn3Cc2ccc(N)cc2)c1P. The standard InChI is InChI=1S/C19H16N7P/c20-8-12-2-1-3-14(17(12)27)16-15-9-23-26(18(15)25-19(22)24-16)10-11-4-6-13(21)7-5-11/h1-7,9H,10,21,27H2,(H2,22,24,25). The molecule has 8 heteroatoms. The number of fused-ring (bicyclic) bond motifs is 1. The van der Waals surface area contributed by atoms with Crippen LogP contribution in [0.2, 0.25) is 0 Å². The topological polar surface area (TPSA) is 119 Å². The maximum Gasteiger partial charge on any atom is 0.222 e. The first-order chi connectivity index (χ1) is 13.1. The second-order valence-electron chi connectivity index (χ2n) is 6.09. The highest BCUT2D eigenvalue weighted by atomic mass is 31.0. The van der Waals surface area contributed by atoms with Crippen molar-refractivity contribution in [1.82, 2.24) is 19.7 Å². The van der Waals surface area contributed by atoms with Crippen molar-refractivity contribution in [3.05, 3.63) is 59.8 Å². The maximum absolute atomic E-state index is 9.30. The normalized spacial score (nSPS) is 10.8. The average molecular weight is 373 g/mol. The van der Waals surface area contributed by atoms with E-state index in [-0.39, 0.29) is 5.95 Å². The summed E-state index contributed by atoms with van der Waals surface area (Å²) >= 11 is 0. The van der Waals surface area contributed by atoms with Crippen molar-refractivity contribution in [3.63, 3.8) is 0 Å². The number of hydrogen-bond donors (Lipinski definition) is 2. The third-order valence-electron chi connectivity index (χ3n) is 4.31. The maximum atomic E-state index is 9.30. The smallest absolute Gasteiger partial charge is 0.222 e. The van der Waals surface area contributed by atoms with E-state index in [1.807, 2.05) is 36.4 Å². The highest BCUT2D eigenvalue weighted by molar-refractivity contribution is 7.28. The molecule has 0 aliphatic heterocycles. The van der Waals surface area contributed by atoms with Gasteiger partial charge in [-0.1, -0.05) is 24.3 Å². The molecule has 0 fully saturated rings. The van der Waals surface area contributed by atoms with Crippen LogP contribution >= 0.6 is 9.24 Å². The predicted octanol–water partition coefficient (Wildman–Crippen LogP) is 2.08. The molecular formula is C19H16N7P. The molecule has 2 aromatic heterocycles. The Balaban J connectivity index is 1.86. The highest BCUT2D eigenvalue weighted by Gasteiger charge is 2.16. The molecule has 4 N–H and O–H groups in total. The van der Waals surface area contributed by atoms with Gasteiger partial charge >= 0.3 is 0 Å². The summed E-state index contributed by atoms with van der Waals surface area (Å²) in [4.78, 5) is 8.79. The van der Waals surface area contributed by atoms with Gasteiger partial charge in [0.2, 0.25) is 5.95 Å². The highest BCUT2D eigenvalue weighted by Crippen LogP contribution is 2.27. The molecule has 7 nitrogen and oxygen atoms in total. The minimum absolute atomic E-state index is 0.156. The summed E-state index contributed by atoms with van der Waals surface area (Å²) in [5.41, 5.74) is 16.2. The zero-order valence-corrected chi connectivity index (χ0v) is 15.4. The fraction of sp³-hybridized carbons (Fsp3) is 0.0526. The summed E-state index contributed by atoms with van der Waals surface area (Å²) in [6.07, 6.45) is 1.73. The third kappa shape index (κ3) is 3.07. The molecule has 2 aromatic carbocycles. The monoisotopic (exact) mass is 373 g/mol. The summed E-state index contributed by atoms with van der Waals surface area (Å²) in [6.45, 7) is 0.533. The Morgan fingerprint density at radius 1 is 1.07 bits per heavy atom. The number of anilines is 2. The fourth-order valence-corrected chi connectivity index (χ4v) is 3.35. The lowest BCUT2D eigenvalue weighted by Crippen LogP contribution is -2.07. The lowest BCUT2D eigenvalue weighted by Gasteiger charge is -2.09. The van der Waals surface area contributed by atoms with E-state index in [1.54, 1.807) is 16.9 Å². The largest absolute Gasteiger partial charge is 0.399 e. The van der Waals surface area contributed by atoms with Gasteiger partial charge in [0.05, 0.1) is 35.5 Å². The molecule has 0 spiro atoms. The van der Waals surface area contributed by atoms with Crippen LogP contribution in [0.25, 0.3) is 22.3 Å². The van der Waals surface area contributed by atoms with Gasteiger partial charge in [0.15, 0.2) is 5.65 Å². The lowest BCUT2D eigenvalue weighted by molar-refractivity contribution is 0.704. The van der Waals surface area contributed by atoms with Gasteiger partial charge in [0.1, 0.15) is 0 Å². The minimum atomic E-state index is 0.156. The van der Waals surface area contributed by atoms with Crippen molar-refractivity contribution >= 4 is 37.2 Å². The lowest BCUT2D eigenvalue weighted by atomic mass is 10.1. The molecule has 0 radical (unpaired) electrons. The summed E-state index contributed by atoms with van der Waals surface area (Å²) in [6, 6.07) is 15.3. The molecule has 2 heterocycles. The first-order valence-electron chi connectivity index (χ1n) is 8.19. The zero-order valence-electron chi connectivity index (χ0n) is 14.3. The Bertz CT molecular complexity index is 1190. The Labute approximate surface area is 157 Å². The fourth-order valence-electron chi connectivity index (χ4n) is 2.96. The summed E-state index contributed by atoms with van der Waals surface area (Å²) in [5.74, 6) is 0.156. The third-order valence-corrected chi connectivity index (χ3v) is 4.93. The molecule has 0 amide bonds. The number of nitrogens with two attached hydrogens (primary N) is 2. The number of nitrogen functional groups attached to an aromatic ring is 2. The molecule has 132 valence electrons. The van der Waals surface area contributed by atoms with Gasteiger partial charge in [-0.25, -0.2) is 9.67 Å². The van der Waals surface area contributed by atoms with Gasteiger partial charge in [0, 0.05) is 11.3 Å². The Morgan fingerprint density at radius 2 is 1.85 bits per heavy atom. The van der Waals surface area contributed by atoms with E-state index >= 15 is 0 Å². The van der Waals surface area contributed by atoms with Gasteiger partial charge in [-0.2, -0.15) is 15.3 Å². The quantitative estimate of drug-likeness (QED) is 0.419. The summed E-state index contributed by atoms with van der Waals surface area (Å²) < 4.78 is 1.78. The van der Waals surface area contributed by atoms with Crippen LogP contribution in [-0.4, -0.2) is 19.7 Å². The van der Waals surface area contributed by atoms with E-state index in [4.69, 9.17) is 11.5 Å². The van der Waals surface area contributed by atoms with Crippen LogP contribution in [-0.2, 0) is 6.54 Å². The first-order valence-corrected chi connectivity index (χ1v) is 8.77. The number of nitriles is 1. The van der Waals surface area contributed by atoms with Crippen molar-refractivity contribution in [3.8, 4) is 17.3 Å². The number of aromatic nitrogens is 4. The number of benzene rings is 2. The van der Waals surface area contributed by atoms with Gasteiger partial charge in [-0.05, 0) is 29.1 Å². The molecule has 4 aromatic rings. The van der Waals surface area contributed by atoms with E-state index in [2.05, 4.69) is 30.4 Å². The van der Waals surface area contributed by atoms with E-state index < -0.39 is 0 Å². The van der Waals surface area contributed by atoms with Crippen molar-refractivity contribution in [2.75, 3.05) is 11.5 Å². The van der Waals surface area contributed by atoms with Gasteiger partial charge in [0.25, 0.3) is 0 Å². The van der Waals surface area contributed by atoms with Crippen LogP contribution in [0.1, 0.15) is 11.1 Å². The molecule has 1 unspecified atom stereocenters. The molecule has 0 aliphatic rings. The molecule has 4 rings (SSSR count). The van der Waals surface area contributed by atoms with E-state index in [0.29, 0.717) is 29.1 Å². The van der Waals surface area contributed by atoms with Crippen LogP contribution in [0.3, 0.4) is 0 Å². The Morgan fingerprint density at radius 3 is 2.59 bits per heavy atom. The molecule has 0 aliphatic carbocycles. The molecular weight excluding hydrogens is 357 g/mol. The minimum Gasteiger partial charge on any atom is -0.399 e. The number of rotatable bonds is 3. The van der Waals surface area contributed by atoms with Crippen LogP contribution in [0.5, 0.6) is 0 Å². The second-order valence-corrected chi connectivity index (χ2v) is 6.67. The van der Waals surface area contributed by atoms with Crippen molar-refractivity contribution in [1.29, 1.82) is 5.26 Å². The van der Waals surface area contributed by atoms with Crippen LogP contribution in [0.4, 0.5) is 11.6 Å². The van der Waals surface area contributed by atoms with Crippen molar-refractivity contribution in [2.45, 2.75) is 6.54 Å². The molecule has 27 heavy (non-hydrogen) atoms. The van der Waals surface area contributed by atoms with Crippen LogP contribution in [0, 0.1) is 11.3 Å². The molecule has 1 atom stereocenters. The van der Waals surface area contributed by atoms with E-state index in [0.717, 1.165) is 21.8 Å². The molecule has 0 saturated carbocycles. The number of hydrogen-bond acceptors (Lipinski definition) is 6. The van der Waals surface area contributed by atoms with E-state index in [9.17, 15) is 5.26 Å². The van der Waals surface area contributed by atoms with E-state index in [1.165, 1.54) is 0 Å². The van der Waals surface area contributed by atoms with Crippen LogP contribution in [0.15, 0.2) is 48.7 Å². The van der Waals surface area contributed by atoms with Gasteiger partial charge in [-0.3, -0.25) is 0 Å². The van der Waals surface area contributed by atoms with Crippen molar-refractivity contribution < 1.29 is 0 Å². The summed E-state index contributed by atoms with van der Waals surface area (Å²) in [5, 5.41) is 15.3. The van der Waals surface area contributed by atoms with Crippen LogP contribution < -0.4 is 16.8 Å².